The number of carboxylic acid groups (broad SMARTS) is 1. The minimum Gasteiger partial charge on any atom is -0.481 e. The zero-order valence-corrected chi connectivity index (χ0v) is 11.0. The average Bonchev–Trinajstić information content (AvgIpc) is 2.35. The van der Waals surface area contributed by atoms with Crippen molar-refractivity contribution < 1.29 is 14.7 Å². The third-order valence-electron chi connectivity index (χ3n) is 2.47. The van der Waals surface area contributed by atoms with Gasteiger partial charge in [0.2, 0.25) is 5.91 Å². The number of amides is 1. The molecule has 1 atom stereocenters. The van der Waals surface area contributed by atoms with Crippen molar-refractivity contribution in [2.24, 2.45) is 5.92 Å². The van der Waals surface area contributed by atoms with Crippen molar-refractivity contribution in [3.8, 4) is 0 Å². The van der Waals surface area contributed by atoms with E-state index in [0.717, 1.165) is 0 Å². The van der Waals surface area contributed by atoms with Gasteiger partial charge in [0.25, 0.3) is 0 Å². The van der Waals surface area contributed by atoms with Gasteiger partial charge in [-0.15, -0.1) is 0 Å². The second-order valence-corrected chi connectivity index (χ2v) is 4.37. The summed E-state index contributed by atoms with van der Waals surface area (Å²) in [4.78, 5) is 28.1. The minimum atomic E-state index is -0.946. The monoisotopic (exact) mass is 270 g/mol. The van der Waals surface area contributed by atoms with Crippen LogP contribution in [-0.4, -0.2) is 28.5 Å². The van der Waals surface area contributed by atoms with Gasteiger partial charge >= 0.3 is 5.97 Å². The SMILES string of the molecule is CCC(=O)N(CC(C)C(=O)O)c1ccc(Cl)cn1. The molecular weight excluding hydrogens is 256 g/mol. The number of halogens is 1. The number of rotatable bonds is 5. The van der Waals surface area contributed by atoms with Crippen molar-refractivity contribution in [1.29, 1.82) is 0 Å². The van der Waals surface area contributed by atoms with E-state index in [1.54, 1.807) is 26.0 Å². The number of carbonyl (C=O) groups is 2. The number of aromatic nitrogens is 1. The molecule has 1 unspecified atom stereocenters. The van der Waals surface area contributed by atoms with Crippen LogP contribution in [0.5, 0.6) is 0 Å². The molecule has 0 bridgehead atoms. The van der Waals surface area contributed by atoms with E-state index in [2.05, 4.69) is 4.98 Å². The second kappa shape index (κ2) is 6.35. The standard InChI is InChI=1S/C12H15ClN2O3/c1-3-11(16)15(7-8(2)12(17)18)10-5-4-9(13)6-14-10/h4-6,8H,3,7H2,1-2H3,(H,17,18). The summed E-state index contributed by atoms with van der Waals surface area (Å²) in [5.74, 6) is -1.35. The summed E-state index contributed by atoms with van der Waals surface area (Å²) in [5.41, 5.74) is 0. The average molecular weight is 271 g/mol. The van der Waals surface area contributed by atoms with Crippen LogP contribution in [0.25, 0.3) is 0 Å². The van der Waals surface area contributed by atoms with Gasteiger partial charge in [-0.25, -0.2) is 4.98 Å². The Balaban J connectivity index is 2.94. The van der Waals surface area contributed by atoms with E-state index in [1.807, 2.05) is 0 Å². The normalized spacial score (nSPS) is 11.9. The Labute approximate surface area is 110 Å². The quantitative estimate of drug-likeness (QED) is 0.890. The number of pyridine rings is 1. The molecule has 1 aromatic rings. The highest BCUT2D eigenvalue weighted by atomic mass is 35.5. The molecule has 1 amide bonds. The summed E-state index contributed by atoms with van der Waals surface area (Å²) in [6.45, 7) is 3.36. The van der Waals surface area contributed by atoms with Crippen LogP contribution in [0.15, 0.2) is 18.3 Å². The summed E-state index contributed by atoms with van der Waals surface area (Å²) in [6, 6.07) is 3.22. The molecule has 1 heterocycles. The highest BCUT2D eigenvalue weighted by Gasteiger charge is 2.21. The Bertz CT molecular complexity index is 433. The third-order valence-corrected chi connectivity index (χ3v) is 2.69. The highest BCUT2D eigenvalue weighted by Crippen LogP contribution is 2.17. The maximum atomic E-state index is 11.8. The van der Waals surface area contributed by atoms with E-state index >= 15 is 0 Å². The lowest BCUT2D eigenvalue weighted by atomic mass is 10.1. The fraction of sp³-hybridized carbons (Fsp3) is 0.417. The van der Waals surface area contributed by atoms with Crippen LogP contribution < -0.4 is 4.90 Å². The minimum absolute atomic E-state index is 0.0939. The molecule has 0 aliphatic heterocycles. The number of hydrogen-bond donors (Lipinski definition) is 1. The van der Waals surface area contributed by atoms with Crippen molar-refractivity contribution in [3.63, 3.8) is 0 Å². The number of hydrogen-bond acceptors (Lipinski definition) is 3. The second-order valence-electron chi connectivity index (χ2n) is 3.93. The van der Waals surface area contributed by atoms with Gasteiger partial charge in [-0.2, -0.15) is 0 Å². The van der Waals surface area contributed by atoms with Gasteiger partial charge in [0.05, 0.1) is 10.9 Å². The van der Waals surface area contributed by atoms with Crippen molar-refractivity contribution >= 4 is 29.3 Å². The number of nitrogens with zero attached hydrogens (tertiary/aromatic N) is 2. The Morgan fingerprint density at radius 3 is 2.61 bits per heavy atom. The molecule has 18 heavy (non-hydrogen) atoms. The Morgan fingerprint density at radius 2 is 2.17 bits per heavy atom. The van der Waals surface area contributed by atoms with E-state index in [1.165, 1.54) is 11.1 Å². The molecule has 0 saturated carbocycles. The number of carboxylic acids is 1. The van der Waals surface area contributed by atoms with Crippen molar-refractivity contribution in [2.45, 2.75) is 20.3 Å². The molecule has 0 fully saturated rings. The summed E-state index contributed by atoms with van der Waals surface area (Å²) >= 11 is 5.73. The molecule has 1 aromatic heterocycles. The van der Waals surface area contributed by atoms with Gasteiger partial charge in [0.15, 0.2) is 0 Å². The zero-order valence-electron chi connectivity index (χ0n) is 10.3. The van der Waals surface area contributed by atoms with Gasteiger partial charge in [-0.05, 0) is 12.1 Å². The first-order chi connectivity index (χ1) is 8.45. The number of carbonyl (C=O) groups excluding carboxylic acids is 1. The predicted octanol–water partition coefficient (Wildman–Crippen LogP) is 2.20. The van der Waals surface area contributed by atoms with Crippen molar-refractivity contribution in [1.82, 2.24) is 4.98 Å². The Hall–Kier alpha value is -1.62. The fourth-order valence-corrected chi connectivity index (χ4v) is 1.51. The number of anilines is 1. The molecule has 1 N–H and O–H groups in total. The molecular formula is C12H15ClN2O3. The van der Waals surface area contributed by atoms with Crippen LogP contribution in [0.4, 0.5) is 5.82 Å². The van der Waals surface area contributed by atoms with E-state index in [9.17, 15) is 9.59 Å². The van der Waals surface area contributed by atoms with Gasteiger partial charge in [-0.1, -0.05) is 25.4 Å². The molecule has 0 saturated heterocycles. The van der Waals surface area contributed by atoms with Gasteiger partial charge < -0.3 is 5.11 Å². The third kappa shape index (κ3) is 3.70. The molecule has 0 radical (unpaired) electrons. The van der Waals surface area contributed by atoms with Crippen LogP contribution in [0.2, 0.25) is 5.02 Å². The van der Waals surface area contributed by atoms with Gasteiger partial charge in [0.1, 0.15) is 5.82 Å². The fourth-order valence-electron chi connectivity index (χ4n) is 1.39. The van der Waals surface area contributed by atoms with Crippen molar-refractivity contribution in [3.05, 3.63) is 23.4 Å². The van der Waals surface area contributed by atoms with Gasteiger partial charge in [-0.3, -0.25) is 14.5 Å². The number of aliphatic carboxylic acids is 1. The van der Waals surface area contributed by atoms with Crippen LogP contribution >= 0.6 is 11.6 Å². The lowest BCUT2D eigenvalue weighted by Crippen LogP contribution is -2.37. The highest BCUT2D eigenvalue weighted by molar-refractivity contribution is 6.30. The lowest BCUT2D eigenvalue weighted by molar-refractivity contribution is -0.140. The van der Waals surface area contributed by atoms with Crippen LogP contribution in [0.1, 0.15) is 20.3 Å². The lowest BCUT2D eigenvalue weighted by Gasteiger charge is -2.23. The molecule has 0 spiro atoms. The van der Waals surface area contributed by atoms with E-state index in [-0.39, 0.29) is 18.9 Å². The van der Waals surface area contributed by atoms with Crippen LogP contribution in [0, 0.1) is 5.92 Å². The summed E-state index contributed by atoms with van der Waals surface area (Å²) in [7, 11) is 0. The largest absolute Gasteiger partial charge is 0.481 e. The first kappa shape index (κ1) is 14.4. The summed E-state index contributed by atoms with van der Waals surface area (Å²) in [5, 5.41) is 9.36. The first-order valence-corrected chi connectivity index (χ1v) is 5.98. The molecule has 1 rings (SSSR count). The molecule has 0 aliphatic carbocycles. The predicted molar refractivity (Wildman–Crippen MR) is 68.7 cm³/mol. The smallest absolute Gasteiger partial charge is 0.308 e. The maximum Gasteiger partial charge on any atom is 0.308 e. The maximum absolute atomic E-state index is 11.8. The Morgan fingerprint density at radius 1 is 1.50 bits per heavy atom. The first-order valence-electron chi connectivity index (χ1n) is 5.60. The van der Waals surface area contributed by atoms with Crippen LogP contribution in [-0.2, 0) is 9.59 Å². The van der Waals surface area contributed by atoms with Gasteiger partial charge in [0, 0.05) is 19.2 Å². The molecule has 0 aromatic carbocycles. The Kier molecular flexibility index (Phi) is 5.09. The summed E-state index contributed by atoms with van der Waals surface area (Å²) in [6.07, 6.45) is 1.72. The molecule has 98 valence electrons. The van der Waals surface area contributed by atoms with E-state index in [4.69, 9.17) is 16.7 Å². The molecule has 6 heteroatoms. The summed E-state index contributed by atoms with van der Waals surface area (Å²) < 4.78 is 0. The molecule has 5 nitrogen and oxygen atoms in total. The van der Waals surface area contributed by atoms with E-state index in [0.29, 0.717) is 10.8 Å². The van der Waals surface area contributed by atoms with Crippen LogP contribution in [0.3, 0.4) is 0 Å². The topological polar surface area (TPSA) is 70.5 Å². The van der Waals surface area contributed by atoms with Crippen molar-refractivity contribution in [2.75, 3.05) is 11.4 Å². The van der Waals surface area contributed by atoms with E-state index < -0.39 is 11.9 Å². The zero-order chi connectivity index (χ0) is 13.7. The molecule has 0 aliphatic rings.